The number of aromatic nitrogens is 4. The van der Waals surface area contributed by atoms with Gasteiger partial charge in [0, 0.05) is 12.1 Å². The van der Waals surface area contributed by atoms with E-state index in [0.717, 1.165) is 0 Å². The number of nitrogens with zero attached hydrogens (tertiary/aromatic N) is 3. The Bertz CT molecular complexity index is 556. The van der Waals surface area contributed by atoms with Crippen LogP contribution >= 0.6 is 11.6 Å². The van der Waals surface area contributed by atoms with E-state index in [1.807, 2.05) is 6.92 Å². The van der Waals surface area contributed by atoms with Crippen molar-refractivity contribution in [3.05, 3.63) is 35.0 Å². The molecular weight excluding hydrogens is 268 g/mol. The van der Waals surface area contributed by atoms with E-state index in [0.29, 0.717) is 23.8 Å². The zero-order valence-electron chi connectivity index (χ0n) is 10.3. The minimum atomic E-state index is -0.250. The summed E-state index contributed by atoms with van der Waals surface area (Å²) in [6, 6.07) is 3.16. The summed E-state index contributed by atoms with van der Waals surface area (Å²) in [4.78, 5) is 19.9. The SMILES string of the molecule is CCNc1cc(C(=O)NCc2ncn[nH]2)cc(Cl)n1. The van der Waals surface area contributed by atoms with Crippen LogP contribution in [0, 0.1) is 0 Å². The van der Waals surface area contributed by atoms with Crippen molar-refractivity contribution in [2.45, 2.75) is 13.5 Å². The number of pyridine rings is 1. The molecule has 0 aromatic carbocycles. The van der Waals surface area contributed by atoms with Crippen molar-refractivity contribution < 1.29 is 4.79 Å². The van der Waals surface area contributed by atoms with Crippen molar-refractivity contribution in [3.8, 4) is 0 Å². The minimum Gasteiger partial charge on any atom is -0.370 e. The Morgan fingerprint density at radius 3 is 3.00 bits per heavy atom. The number of aromatic amines is 1. The highest BCUT2D eigenvalue weighted by Gasteiger charge is 2.09. The van der Waals surface area contributed by atoms with Gasteiger partial charge in [-0.25, -0.2) is 9.97 Å². The lowest BCUT2D eigenvalue weighted by molar-refractivity contribution is 0.0950. The molecule has 0 aliphatic heterocycles. The molecule has 0 aliphatic carbocycles. The second-order valence-corrected chi connectivity index (χ2v) is 4.10. The Kier molecular flexibility index (Phi) is 4.30. The molecule has 8 heteroatoms. The van der Waals surface area contributed by atoms with Crippen LogP contribution in [0.3, 0.4) is 0 Å². The van der Waals surface area contributed by atoms with E-state index in [4.69, 9.17) is 11.6 Å². The standard InChI is InChI=1S/C11H13ClN6O/c1-2-13-9-4-7(3-8(12)17-9)11(19)14-5-10-15-6-16-18-10/h3-4,6H,2,5H2,1H3,(H,13,17)(H,14,19)(H,15,16,18). The van der Waals surface area contributed by atoms with Crippen molar-refractivity contribution in [2.24, 2.45) is 0 Å². The molecule has 2 aromatic rings. The number of H-pyrrole nitrogens is 1. The smallest absolute Gasteiger partial charge is 0.251 e. The van der Waals surface area contributed by atoms with Gasteiger partial charge in [-0.15, -0.1) is 0 Å². The number of hydrogen-bond acceptors (Lipinski definition) is 5. The first-order valence-corrected chi connectivity index (χ1v) is 6.10. The first-order chi connectivity index (χ1) is 9.19. The number of amides is 1. The lowest BCUT2D eigenvalue weighted by Gasteiger charge is -2.07. The molecule has 3 N–H and O–H groups in total. The maximum absolute atomic E-state index is 12.0. The summed E-state index contributed by atoms with van der Waals surface area (Å²) in [7, 11) is 0. The second-order valence-electron chi connectivity index (χ2n) is 3.71. The van der Waals surface area contributed by atoms with Crippen molar-refractivity contribution in [1.29, 1.82) is 0 Å². The molecule has 0 unspecified atom stereocenters. The van der Waals surface area contributed by atoms with E-state index in [1.165, 1.54) is 12.4 Å². The summed E-state index contributed by atoms with van der Waals surface area (Å²) in [5.41, 5.74) is 0.440. The fraction of sp³-hybridized carbons (Fsp3) is 0.273. The van der Waals surface area contributed by atoms with Crippen LogP contribution in [-0.2, 0) is 6.54 Å². The van der Waals surface area contributed by atoms with Crippen LogP contribution < -0.4 is 10.6 Å². The van der Waals surface area contributed by atoms with Crippen molar-refractivity contribution >= 4 is 23.3 Å². The van der Waals surface area contributed by atoms with Crippen LogP contribution in [-0.4, -0.2) is 32.6 Å². The maximum Gasteiger partial charge on any atom is 0.251 e. The van der Waals surface area contributed by atoms with Crippen LogP contribution in [0.25, 0.3) is 0 Å². The van der Waals surface area contributed by atoms with Gasteiger partial charge < -0.3 is 10.6 Å². The molecule has 0 atom stereocenters. The number of halogens is 1. The van der Waals surface area contributed by atoms with E-state index in [2.05, 4.69) is 30.8 Å². The summed E-state index contributed by atoms with van der Waals surface area (Å²) >= 11 is 5.87. The van der Waals surface area contributed by atoms with E-state index in [9.17, 15) is 4.79 Å². The lowest BCUT2D eigenvalue weighted by Crippen LogP contribution is -2.23. The Hall–Kier alpha value is -2.15. The molecule has 1 amide bonds. The molecule has 0 radical (unpaired) electrons. The second kappa shape index (κ2) is 6.14. The van der Waals surface area contributed by atoms with Gasteiger partial charge in [0.05, 0.1) is 6.54 Å². The number of anilines is 1. The van der Waals surface area contributed by atoms with Crippen LogP contribution in [0.2, 0.25) is 5.15 Å². The van der Waals surface area contributed by atoms with Gasteiger partial charge in [-0.3, -0.25) is 9.89 Å². The quantitative estimate of drug-likeness (QED) is 0.716. The third-order valence-corrected chi connectivity index (χ3v) is 2.49. The zero-order chi connectivity index (χ0) is 13.7. The molecule has 19 heavy (non-hydrogen) atoms. The molecule has 2 rings (SSSR count). The Morgan fingerprint density at radius 1 is 1.47 bits per heavy atom. The number of rotatable bonds is 5. The molecule has 2 aromatic heterocycles. The highest BCUT2D eigenvalue weighted by molar-refractivity contribution is 6.29. The molecule has 0 spiro atoms. The van der Waals surface area contributed by atoms with Crippen LogP contribution in [0.15, 0.2) is 18.5 Å². The third-order valence-electron chi connectivity index (χ3n) is 2.30. The van der Waals surface area contributed by atoms with Crippen LogP contribution in [0.1, 0.15) is 23.1 Å². The molecular formula is C11H13ClN6O. The lowest BCUT2D eigenvalue weighted by atomic mass is 10.2. The summed E-state index contributed by atoms with van der Waals surface area (Å²) in [6.45, 7) is 2.91. The van der Waals surface area contributed by atoms with E-state index >= 15 is 0 Å². The van der Waals surface area contributed by atoms with Gasteiger partial charge >= 0.3 is 0 Å². The van der Waals surface area contributed by atoms with Gasteiger partial charge in [-0.1, -0.05) is 11.6 Å². The Labute approximate surface area is 114 Å². The fourth-order valence-electron chi connectivity index (χ4n) is 1.48. The zero-order valence-corrected chi connectivity index (χ0v) is 11.0. The van der Waals surface area contributed by atoms with E-state index in [1.54, 1.807) is 6.07 Å². The molecule has 7 nitrogen and oxygen atoms in total. The molecule has 100 valence electrons. The molecule has 0 saturated heterocycles. The summed E-state index contributed by atoms with van der Waals surface area (Å²) < 4.78 is 0. The summed E-state index contributed by atoms with van der Waals surface area (Å²) in [5, 5.41) is 12.3. The largest absolute Gasteiger partial charge is 0.370 e. The number of carbonyl (C=O) groups excluding carboxylic acids is 1. The summed E-state index contributed by atoms with van der Waals surface area (Å²) in [5.74, 6) is 0.903. The van der Waals surface area contributed by atoms with E-state index < -0.39 is 0 Å². The normalized spacial score (nSPS) is 10.2. The Balaban J connectivity index is 2.05. The minimum absolute atomic E-state index is 0.250. The Morgan fingerprint density at radius 2 is 2.32 bits per heavy atom. The summed E-state index contributed by atoms with van der Waals surface area (Å²) in [6.07, 6.45) is 1.38. The van der Waals surface area contributed by atoms with Crippen LogP contribution in [0.5, 0.6) is 0 Å². The highest BCUT2D eigenvalue weighted by Crippen LogP contribution is 2.14. The predicted octanol–water partition coefficient (Wildman–Crippen LogP) is 1.21. The van der Waals surface area contributed by atoms with Crippen molar-refractivity contribution in [2.75, 3.05) is 11.9 Å². The number of nitrogens with one attached hydrogen (secondary N) is 3. The molecule has 0 saturated carbocycles. The first kappa shape index (κ1) is 13.3. The highest BCUT2D eigenvalue weighted by atomic mass is 35.5. The van der Waals surface area contributed by atoms with Gasteiger partial charge in [-0.2, -0.15) is 5.10 Å². The third kappa shape index (κ3) is 3.65. The topological polar surface area (TPSA) is 95.6 Å². The van der Waals surface area contributed by atoms with Gasteiger partial charge in [0.1, 0.15) is 23.1 Å². The van der Waals surface area contributed by atoms with Crippen molar-refractivity contribution in [1.82, 2.24) is 25.5 Å². The number of carbonyl (C=O) groups is 1. The van der Waals surface area contributed by atoms with Crippen LogP contribution in [0.4, 0.5) is 5.82 Å². The average Bonchev–Trinajstić information content (AvgIpc) is 2.88. The molecule has 2 heterocycles. The van der Waals surface area contributed by atoms with E-state index in [-0.39, 0.29) is 17.6 Å². The molecule has 0 bridgehead atoms. The first-order valence-electron chi connectivity index (χ1n) is 5.73. The molecule has 0 aliphatic rings. The van der Waals surface area contributed by atoms with Gasteiger partial charge in [0.25, 0.3) is 5.91 Å². The average molecular weight is 281 g/mol. The maximum atomic E-state index is 12.0. The fourth-order valence-corrected chi connectivity index (χ4v) is 1.69. The molecule has 0 fully saturated rings. The predicted molar refractivity (Wildman–Crippen MR) is 71.0 cm³/mol. The number of hydrogen-bond donors (Lipinski definition) is 3. The van der Waals surface area contributed by atoms with Crippen molar-refractivity contribution in [3.63, 3.8) is 0 Å². The van der Waals surface area contributed by atoms with Gasteiger partial charge in [0.2, 0.25) is 0 Å². The monoisotopic (exact) mass is 280 g/mol. The van der Waals surface area contributed by atoms with Gasteiger partial charge in [-0.05, 0) is 19.1 Å². The van der Waals surface area contributed by atoms with Gasteiger partial charge in [0.15, 0.2) is 0 Å².